The van der Waals surface area contributed by atoms with Crippen LogP contribution in [0.3, 0.4) is 0 Å². The lowest BCUT2D eigenvalue weighted by Gasteiger charge is -2.28. The third kappa shape index (κ3) is 3.10. The molecule has 1 saturated carbocycles. The molecule has 2 unspecified atom stereocenters. The summed E-state index contributed by atoms with van der Waals surface area (Å²) in [6.07, 6.45) is 6.90. The van der Waals surface area contributed by atoms with E-state index in [-0.39, 0.29) is 27.3 Å². The Bertz CT molecular complexity index is 1010. The monoisotopic (exact) mass is 350 g/mol. The van der Waals surface area contributed by atoms with E-state index in [1.54, 1.807) is 0 Å². The van der Waals surface area contributed by atoms with Gasteiger partial charge in [-0.2, -0.15) is 0 Å². The summed E-state index contributed by atoms with van der Waals surface area (Å²) >= 11 is 0. The fourth-order valence-electron chi connectivity index (χ4n) is 4.60. The van der Waals surface area contributed by atoms with Gasteiger partial charge < -0.3 is 0 Å². The van der Waals surface area contributed by atoms with E-state index >= 15 is 0 Å². The molecule has 2 atom stereocenters. The topological polar surface area (TPSA) is 17.1 Å². The minimum atomic E-state index is 0.162. The predicted molar refractivity (Wildman–Crippen MR) is 120 cm³/mol. The van der Waals surface area contributed by atoms with Gasteiger partial charge in [0.2, 0.25) is 0 Å². The summed E-state index contributed by atoms with van der Waals surface area (Å²) in [5.41, 5.74) is 5.18. The fraction of sp³-hybridized carbons (Fsp3) is 0.318. The first-order valence-electron chi connectivity index (χ1n) is 9.58. The average Bonchev–Trinajstić information content (AvgIpc) is 3.05. The van der Waals surface area contributed by atoms with E-state index in [0.29, 0.717) is 28.5 Å². The molecule has 28 heavy (non-hydrogen) atoms. The third-order valence-corrected chi connectivity index (χ3v) is 6.25. The third-order valence-electron chi connectivity index (χ3n) is 6.25. The van der Waals surface area contributed by atoms with Crippen molar-refractivity contribution in [2.24, 2.45) is 0 Å². The number of rotatable bonds is 1. The molecular formula is C22H15B5O. The molecule has 0 spiro atoms. The molecule has 2 bridgehead atoms. The van der Waals surface area contributed by atoms with Gasteiger partial charge in [-0.15, -0.1) is 16.4 Å². The van der Waals surface area contributed by atoms with Crippen molar-refractivity contribution in [2.45, 2.75) is 43.9 Å². The molecule has 5 rings (SSSR count). The molecule has 0 heterocycles. The van der Waals surface area contributed by atoms with E-state index in [1.165, 1.54) is 43.2 Å². The lowest BCUT2D eigenvalue weighted by Crippen LogP contribution is -2.55. The van der Waals surface area contributed by atoms with Crippen LogP contribution in [-0.4, -0.2) is 45.5 Å². The maximum absolute atomic E-state index is 11.7. The highest BCUT2D eigenvalue weighted by Crippen LogP contribution is 2.47. The molecule has 0 amide bonds. The number of fused-ring (bicyclic) bond motifs is 3. The van der Waals surface area contributed by atoms with E-state index in [9.17, 15) is 4.79 Å². The van der Waals surface area contributed by atoms with E-state index in [4.69, 9.17) is 39.2 Å². The van der Waals surface area contributed by atoms with Crippen molar-refractivity contribution in [3.63, 3.8) is 0 Å². The Morgan fingerprint density at radius 1 is 0.750 bits per heavy atom. The zero-order chi connectivity index (χ0) is 20.0. The van der Waals surface area contributed by atoms with E-state index in [2.05, 4.69) is 17.9 Å². The molecule has 0 saturated heterocycles. The molecule has 3 aliphatic carbocycles. The molecule has 2 aromatic carbocycles. The van der Waals surface area contributed by atoms with Gasteiger partial charge in [0.15, 0.2) is 6.29 Å². The maximum Gasteiger partial charge on any atom is 0.151 e. The Kier molecular flexibility index (Phi) is 5.13. The van der Waals surface area contributed by atoms with Crippen molar-refractivity contribution in [2.75, 3.05) is 0 Å². The quantitative estimate of drug-likeness (QED) is 0.367. The van der Waals surface area contributed by atoms with Crippen LogP contribution in [0.2, 0.25) is 0 Å². The molecule has 0 aliphatic heterocycles. The van der Waals surface area contributed by atoms with Crippen molar-refractivity contribution >= 4 is 72.8 Å². The first-order valence-corrected chi connectivity index (χ1v) is 9.58. The van der Waals surface area contributed by atoms with Gasteiger partial charge in [-0.1, -0.05) is 29.2 Å². The van der Waals surface area contributed by atoms with Crippen LogP contribution < -0.4 is 27.3 Å². The summed E-state index contributed by atoms with van der Waals surface area (Å²) < 4.78 is 0. The van der Waals surface area contributed by atoms with Crippen molar-refractivity contribution in [3.05, 3.63) is 39.9 Å². The highest BCUT2D eigenvalue weighted by atomic mass is 16.1. The lowest BCUT2D eigenvalue weighted by molar-refractivity contribution is 0.112. The van der Waals surface area contributed by atoms with Crippen molar-refractivity contribution in [3.8, 4) is 11.8 Å². The van der Waals surface area contributed by atoms with Gasteiger partial charge in [0.05, 0.1) is 0 Å². The minimum absolute atomic E-state index is 0.162. The number of carbonyl (C=O) groups excluding carboxylic acids is 1. The van der Waals surface area contributed by atoms with Crippen molar-refractivity contribution in [1.29, 1.82) is 0 Å². The van der Waals surface area contributed by atoms with Crippen molar-refractivity contribution < 1.29 is 4.79 Å². The van der Waals surface area contributed by atoms with Crippen LogP contribution in [0, 0.1) is 11.8 Å². The second-order valence-electron chi connectivity index (χ2n) is 7.78. The minimum Gasteiger partial charge on any atom is -0.298 e. The number of hydrogen-bond donors (Lipinski definition) is 0. The normalized spacial score (nSPS) is 20.0. The van der Waals surface area contributed by atoms with Crippen LogP contribution in [0.25, 0.3) is 0 Å². The first kappa shape index (κ1) is 19.3. The number of carbonyl (C=O) groups is 1. The van der Waals surface area contributed by atoms with E-state index in [0.717, 1.165) is 6.29 Å². The second kappa shape index (κ2) is 7.43. The van der Waals surface area contributed by atoms with Gasteiger partial charge in [0.1, 0.15) is 39.2 Å². The summed E-state index contributed by atoms with van der Waals surface area (Å²) in [5.74, 6) is 7.15. The zero-order valence-corrected chi connectivity index (χ0v) is 15.7. The molecule has 0 N–H and O–H groups in total. The molecule has 1 nitrogen and oxygen atoms in total. The van der Waals surface area contributed by atoms with Gasteiger partial charge in [0, 0.05) is 16.7 Å². The number of hydrogen-bond acceptors (Lipinski definition) is 1. The number of aldehydes is 1. The van der Waals surface area contributed by atoms with Gasteiger partial charge >= 0.3 is 0 Å². The molecule has 10 radical (unpaired) electrons. The standard InChI is InChI=1S/C22H15B5O/c23-18-15(19(24)21(26)22(27)20(18)25)7-6-13-8-16-11-2-1-3-12(5-4-11)17(16)9-14(13)10-28/h8-12H,1-5H2. The van der Waals surface area contributed by atoms with Gasteiger partial charge in [0.25, 0.3) is 0 Å². The van der Waals surface area contributed by atoms with Crippen molar-refractivity contribution in [1.82, 2.24) is 0 Å². The highest BCUT2D eigenvalue weighted by Gasteiger charge is 2.31. The summed E-state index contributed by atoms with van der Waals surface area (Å²) in [6.45, 7) is 0. The number of benzene rings is 2. The van der Waals surface area contributed by atoms with Gasteiger partial charge in [-0.3, -0.25) is 4.79 Å². The molecule has 3 aliphatic rings. The van der Waals surface area contributed by atoms with Crippen LogP contribution in [0.15, 0.2) is 12.1 Å². The molecule has 124 valence electrons. The van der Waals surface area contributed by atoms with Gasteiger partial charge in [-0.25, -0.2) is 0 Å². The smallest absolute Gasteiger partial charge is 0.151 e. The van der Waals surface area contributed by atoms with Crippen LogP contribution in [0.1, 0.15) is 76.6 Å². The Balaban J connectivity index is 1.85. The molecule has 6 heteroatoms. The molecule has 0 aromatic heterocycles. The van der Waals surface area contributed by atoms with E-state index in [1.807, 2.05) is 6.07 Å². The van der Waals surface area contributed by atoms with Gasteiger partial charge in [-0.05, 0) is 60.8 Å². The predicted octanol–water partition coefficient (Wildman–Crippen LogP) is -0.987. The Hall–Kier alpha value is -2.01. The lowest BCUT2D eigenvalue weighted by atomic mass is 9.60. The average molecular weight is 349 g/mol. The maximum atomic E-state index is 11.7. The zero-order valence-electron chi connectivity index (χ0n) is 15.7. The fourth-order valence-corrected chi connectivity index (χ4v) is 4.60. The van der Waals surface area contributed by atoms with Crippen LogP contribution in [-0.2, 0) is 0 Å². The largest absolute Gasteiger partial charge is 0.298 e. The van der Waals surface area contributed by atoms with Crippen LogP contribution >= 0.6 is 0 Å². The molecular weight excluding hydrogens is 334 g/mol. The summed E-state index contributed by atoms with van der Waals surface area (Å²) in [6, 6.07) is 4.09. The van der Waals surface area contributed by atoms with Crippen LogP contribution in [0.5, 0.6) is 0 Å². The Morgan fingerprint density at radius 2 is 1.29 bits per heavy atom. The summed E-state index contributed by atoms with van der Waals surface area (Å²) in [7, 11) is 29.8. The SMILES string of the molecule is [B]c1c([B])c([B])c(C#Cc2cc3c(cc2C=O)C2CCCC3CC2)c([B])c1[B]. The highest BCUT2D eigenvalue weighted by molar-refractivity contribution is 6.67. The summed E-state index contributed by atoms with van der Waals surface area (Å²) in [5, 5.41) is 0. The second-order valence-corrected chi connectivity index (χ2v) is 7.78. The van der Waals surface area contributed by atoms with E-state index < -0.39 is 0 Å². The molecule has 1 fully saturated rings. The molecule has 2 aromatic rings. The summed E-state index contributed by atoms with van der Waals surface area (Å²) in [4.78, 5) is 11.7. The Labute approximate surface area is 173 Å². The first-order chi connectivity index (χ1) is 13.4. The van der Waals surface area contributed by atoms with Crippen LogP contribution in [0.4, 0.5) is 0 Å². The Morgan fingerprint density at radius 3 is 1.86 bits per heavy atom.